The number of nitrogens with zero attached hydrogens (tertiary/aromatic N) is 1. The maximum Gasteiger partial charge on any atom is 0.267 e. The molecule has 0 saturated heterocycles. The van der Waals surface area contributed by atoms with E-state index in [0.29, 0.717) is 17.3 Å². The second-order valence-corrected chi connectivity index (χ2v) is 5.95. The van der Waals surface area contributed by atoms with Gasteiger partial charge < -0.3 is 15.2 Å². The number of H-pyrrole nitrogens is 1. The van der Waals surface area contributed by atoms with Crippen molar-refractivity contribution in [3.8, 4) is 0 Å². The Labute approximate surface area is 136 Å². The largest absolute Gasteiger partial charge is 0.356 e. The van der Waals surface area contributed by atoms with Crippen LogP contribution in [0, 0.1) is 0 Å². The summed E-state index contributed by atoms with van der Waals surface area (Å²) in [6, 6.07) is 10.3. The molecule has 1 amide bonds. The third-order valence-corrected chi connectivity index (χ3v) is 3.96. The smallest absolute Gasteiger partial charge is 0.267 e. The molecule has 5 heteroatoms. The molecule has 1 heterocycles. The average Bonchev–Trinajstić information content (AvgIpc) is 2.94. The minimum absolute atomic E-state index is 0.125. The lowest BCUT2D eigenvalue weighted by Gasteiger charge is -2.25. The van der Waals surface area contributed by atoms with Gasteiger partial charge in [-0.15, -0.1) is 0 Å². The van der Waals surface area contributed by atoms with E-state index < -0.39 is 0 Å². The molecule has 0 radical (unpaired) electrons. The number of halogens is 1. The molecule has 0 bridgehead atoms. The topological polar surface area (TPSA) is 48.1 Å². The van der Waals surface area contributed by atoms with Crippen LogP contribution in [0.5, 0.6) is 0 Å². The Hall–Kier alpha value is -1.78. The van der Waals surface area contributed by atoms with Gasteiger partial charge in [0, 0.05) is 12.7 Å². The van der Waals surface area contributed by atoms with E-state index >= 15 is 0 Å². The zero-order valence-corrected chi connectivity index (χ0v) is 13.9. The van der Waals surface area contributed by atoms with Gasteiger partial charge in [-0.1, -0.05) is 42.8 Å². The first-order chi connectivity index (χ1) is 10.5. The van der Waals surface area contributed by atoms with Crippen LogP contribution in [0.1, 0.15) is 34.6 Å². The lowest BCUT2D eigenvalue weighted by atomic mass is 10.0. The van der Waals surface area contributed by atoms with Crippen molar-refractivity contribution in [3.63, 3.8) is 0 Å². The summed E-state index contributed by atoms with van der Waals surface area (Å²) in [6.07, 6.45) is 2.63. The highest BCUT2D eigenvalue weighted by Gasteiger charge is 2.16. The van der Waals surface area contributed by atoms with Gasteiger partial charge in [-0.3, -0.25) is 4.79 Å². The van der Waals surface area contributed by atoms with Crippen molar-refractivity contribution >= 4 is 17.5 Å². The number of carbonyl (C=O) groups excluding carboxylic acids is 1. The summed E-state index contributed by atoms with van der Waals surface area (Å²) < 4.78 is 0. The van der Waals surface area contributed by atoms with Crippen LogP contribution in [-0.2, 0) is 6.42 Å². The Bertz CT molecular complexity index is 619. The van der Waals surface area contributed by atoms with Gasteiger partial charge in [0.15, 0.2) is 0 Å². The fourth-order valence-electron chi connectivity index (χ4n) is 2.36. The molecule has 0 fully saturated rings. The second kappa shape index (κ2) is 7.47. The molecule has 1 unspecified atom stereocenters. The highest BCUT2D eigenvalue weighted by atomic mass is 35.5. The average molecular weight is 320 g/mol. The van der Waals surface area contributed by atoms with E-state index in [4.69, 9.17) is 11.6 Å². The zero-order valence-electron chi connectivity index (χ0n) is 13.2. The molecule has 0 spiro atoms. The number of likely N-dealkylation sites (N-methyl/N-ethyl adjacent to an activating group) is 1. The predicted molar refractivity (Wildman–Crippen MR) is 90.4 cm³/mol. The van der Waals surface area contributed by atoms with Crippen LogP contribution in [-0.4, -0.2) is 36.4 Å². The highest BCUT2D eigenvalue weighted by Crippen LogP contribution is 2.18. The lowest BCUT2D eigenvalue weighted by molar-refractivity contribution is 0.0937. The van der Waals surface area contributed by atoms with Gasteiger partial charge >= 0.3 is 0 Å². The standard InChI is InChI=1S/C17H22ClN3O/c1-4-12-5-7-13(8-6-12)16(21(2)3)11-20-17(22)15-9-14(18)10-19-15/h5-10,16,19H,4,11H2,1-3H3,(H,20,22). The van der Waals surface area contributed by atoms with E-state index in [0.717, 1.165) is 6.42 Å². The van der Waals surface area contributed by atoms with Gasteiger partial charge in [0.1, 0.15) is 5.69 Å². The molecule has 1 aromatic carbocycles. The summed E-state index contributed by atoms with van der Waals surface area (Å²) in [5.41, 5.74) is 2.97. The summed E-state index contributed by atoms with van der Waals surface area (Å²) >= 11 is 5.82. The molecule has 2 rings (SSSR count). The minimum atomic E-state index is -0.149. The Morgan fingerprint density at radius 2 is 2.00 bits per heavy atom. The van der Waals surface area contributed by atoms with Crippen LogP contribution >= 0.6 is 11.6 Å². The molecule has 1 aromatic heterocycles. The lowest BCUT2D eigenvalue weighted by Crippen LogP contribution is -2.34. The molecule has 118 valence electrons. The third kappa shape index (κ3) is 4.12. The van der Waals surface area contributed by atoms with Crippen LogP contribution in [0.15, 0.2) is 36.5 Å². The molecular weight excluding hydrogens is 298 g/mol. The molecule has 4 nitrogen and oxygen atoms in total. The van der Waals surface area contributed by atoms with E-state index in [9.17, 15) is 4.79 Å². The third-order valence-electron chi connectivity index (χ3n) is 3.74. The molecule has 2 aromatic rings. The number of nitrogens with one attached hydrogen (secondary N) is 2. The Morgan fingerprint density at radius 3 is 2.50 bits per heavy atom. The number of benzene rings is 1. The molecule has 22 heavy (non-hydrogen) atoms. The van der Waals surface area contributed by atoms with Crippen molar-refractivity contribution in [1.82, 2.24) is 15.2 Å². The number of aromatic amines is 1. The van der Waals surface area contributed by atoms with E-state index in [2.05, 4.69) is 46.4 Å². The van der Waals surface area contributed by atoms with Gasteiger partial charge in [0.2, 0.25) is 0 Å². The van der Waals surface area contributed by atoms with Crippen molar-refractivity contribution in [2.45, 2.75) is 19.4 Å². The van der Waals surface area contributed by atoms with Crippen molar-refractivity contribution in [1.29, 1.82) is 0 Å². The van der Waals surface area contributed by atoms with Crippen LogP contribution in [0.4, 0.5) is 0 Å². The van der Waals surface area contributed by atoms with Crippen LogP contribution < -0.4 is 5.32 Å². The zero-order chi connectivity index (χ0) is 16.1. The van der Waals surface area contributed by atoms with E-state index in [1.54, 1.807) is 12.3 Å². The number of hydrogen-bond donors (Lipinski definition) is 2. The van der Waals surface area contributed by atoms with Crippen LogP contribution in [0.3, 0.4) is 0 Å². The number of hydrogen-bond acceptors (Lipinski definition) is 2. The second-order valence-electron chi connectivity index (χ2n) is 5.52. The maximum atomic E-state index is 12.1. The monoisotopic (exact) mass is 319 g/mol. The minimum Gasteiger partial charge on any atom is -0.356 e. The van der Waals surface area contributed by atoms with Gasteiger partial charge in [-0.05, 0) is 37.7 Å². The van der Waals surface area contributed by atoms with Crippen LogP contribution in [0.25, 0.3) is 0 Å². The van der Waals surface area contributed by atoms with Crippen molar-refractivity contribution < 1.29 is 4.79 Å². The molecular formula is C17H22ClN3O. The van der Waals surface area contributed by atoms with E-state index in [1.165, 1.54) is 11.1 Å². The number of rotatable bonds is 6. The summed E-state index contributed by atoms with van der Waals surface area (Å²) in [6.45, 7) is 2.67. The van der Waals surface area contributed by atoms with Gasteiger partial charge in [-0.25, -0.2) is 0 Å². The first-order valence-corrected chi connectivity index (χ1v) is 7.76. The molecule has 0 saturated carbocycles. The molecule has 0 aliphatic heterocycles. The van der Waals surface area contributed by atoms with Crippen LogP contribution in [0.2, 0.25) is 5.02 Å². The Morgan fingerprint density at radius 1 is 1.32 bits per heavy atom. The predicted octanol–water partition coefficient (Wildman–Crippen LogP) is 3.26. The number of aromatic nitrogens is 1. The van der Waals surface area contributed by atoms with E-state index in [-0.39, 0.29) is 11.9 Å². The fourth-order valence-corrected chi connectivity index (χ4v) is 2.52. The SMILES string of the molecule is CCc1ccc(C(CNC(=O)c2cc(Cl)c[nH]2)N(C)C)cc1. The van der Waals surface area contributed by atoms with Crippen molar-refractivity contribution in [3.05, 3.63) is 58.4 Å². The number of carbonyl (C=O) groups is 1. The normalized spacial score (nSPS) is 12.4. The Balaban J connectivity index is 2.03. The first-order valence-electron chi connectivity index (χ1n) is 7.38. The van der Waals surface area contributed by atoms with Gasteiger partial charge in [0.25, 0.3) is 5.91 Å². The first kappa shape index (κ1) is 16.6. The summed E-state index contributed by atoms with van der Waals surface area (Å²) in [5.74, 6) is -0.149. The molecule has 2 N–H and O–H groups in total. The molecule has 0 aliphatic carbocycles. The van der Waals surface area contributed by atoms with Gasteiger partial charge in [-0.2, -0.15) is 0 Å². The van der Waals surface area contributed by atoms with Gasteiger partial charge in [0.05, 0.1) is 11.1 Å². The van der Waals surface area contributed by atoms with Crippen molar-refractivity contribution in [2.24, 2.45) is 0 Å². The summed E-state index contributed by atoms with van der Waals surface area (Å²) in [5, 5.41) is 3.48. The molecule has 0 aliphatic rings. The quantitative estimate of drug-likeness (QED) is 0.858. The number of amides is 1. The highest BCUT2D eigenvalue weighted by molar-refractivity contribution is 6.30. The number of aryl methyl sites for hydroxylation is 1. The summed E-state index contributed by atoms with van der Waals surface area (Å²) in [4.78, 5) is 17.1. The van der Waals surface area contributed by atoms with Crippen molar-refractivity contribution in [2.75, 3.05) is 20.6 Å². The maximum absolute atomic E-state index is 12.1. The fraction of sp³-hybridized carbons (Fsp3) is 0.353. The Kier molecular flexibility index (Phi) is 5.63. The summed E-state index contributed by atoms with van der Waals surface area (Å²) in [7, 11) is 4.02. The van der Waals surface area contributed by atoms with E-state index in [1.807, 2.05) is 14.1 Å². The molecule has 1 atom stereocenters.